The van der Waals surface area contributed by atoms with Crippen molar-refractivity contribution in [1.29, 1.82) is 0 Å². The molecule has 142 valence electrons. The van der Waals surface area contributed by atoms with Crippen LogP contribution in [-0.2, 0) is 5.60 Å². The molecule has 0 saturated carbocycles. The van der Waals surface area contributed by atoms with Crippen LogP contribution in [0.3, 0.4) is 0 Å². The minimum absolute atomic E-state index is 0.320. The van der Waals surface area contributed by atoms with Crippen molar-refractivity contribution < 1.29 is 13.5 Å². The van der Waals surface area contributed by atoms with Crippen molar-refractivity contribution in [2.45, 2.75) is 5.60 Å². The van der Waals surface area contributed by atoms with Gasteiger partial charge < -0.3 is 4.74 Å². The molecule has 0 amide bonds. The van der Waals surface area contributed by atoms with Crippen LogP contribution >= 0.6 is 15.9 Å². The van der Waals surface area contributed by atoms with Gasteiger partial charge in [0, 0.05) is 21.2 Å². The monoisotopic (exact) mass is 448 g/mol. The van der Waals surface area contributed by atoms with Crippen LogP contribution in [0, 0.1) is 11.6 Å². The minimum atomic E-state index is -0.975. The molecule has 0 aliphatic carbocycles. The number of hydrogen-bond donors (Lipinski definition) is 0. The van der Waals surface area contributed by atoms with Gasteiger partial charge in [-0.05, 0) is 65.4 Å². The van der Waals surface area contributed by atoms with Gasteiger partial charge in [0.05, 0.1) is 0 Å². The summed E-state index contributed by atoms with van der Waals surface area (Å²) in [5, 5.41) is 2.18. The molecule has 5 rings (SSSR count). The predicted octanol–water partition coefficient (Wildman–Crippen LogP) is 7.23. The van der Waals surface area contributed by atoms with Crippen molar-refractivity contribution in [3.8, 4) is 5.75 Å². The topological polar surface area (TPSA) is 9.23 Å². The quantitative estimate of drug-likeness (QED) is 0.314. The first-order valence-corrected chi connectivity index (χ1v) is 9.97. The van der Waals surface area contributed by atoms with Crippen LogP contribution < -0.4 is 4.74 Å². The first-order valence-electron chi connectivity index (χ1n) is 9.18. The minimum Gasteiger partial charge on any atom is -0.473 e. The Balaban J connectivity index is 1.72. The fraction of sp³-hybridized carbons (Fsp3) is 0.0400. The second kappa shape index (κ2) is 6.82. The van der Waals surface area contributed by atoms with Crippen LogP contribution in [0.4, 0.5) is 8.78 Å². The Kier molecular flexibility index (Phi) is 4.25. The fourth-order valence-corrected chi connectivity index (χ4v) is 4.22. The highest BCUT2D eigenvalue weighted by atomic mass is 79.9. The lowest BCUT2D eigenvalue weighted by molar-refractivity contribution is 0.161. The number of ether oxygens (including phenoxy) is 1. The number of benzene rings is 4. The van der Waals surface area contributed by atoms with Crippen molar-refractivity contribution in [1.82, 2.24) is 0 Å². The van der Waals surface area contributed by atoms with E-state index in [0.717, 1.165) is 37.7 Å². The van der Waals surface area contributed by atoms with Crippen LogP contribution in [-0.4, -0.2) is 0 Å². The van der Waals surface area contributed by atoms with Gasteiger partial charge in [0.25, 0.3) is 0 Å². The zero-order chi connectivity index (χ0) is 20.0. The van der Waals surface area contributed by atoms with E-state index in [9.17, 15) is 8.78 Å². The van der Waals surface area contributed by atoms with E-state index >= 15 is 0 Å². The molecule has 0 spiro atoms. The summed E-state index contributed by atoms with van der Waals surface area (Å²) < 4.78 is 34.7. The molecule has 1 heterocycles. The number of fused-ring (bicyclic) bond motifs is 3. The third-order valence-electron chi connectivity index (χ3n) is 5.29. The zero-order valence-electron chi connectivity index (χ0n) is 15.2. The van der Waals surface area contributed by atoms with Crippen molar-refractivity contribution in [3.05, 3.63) is 118 Å². The molecule has 0 saturated heterocycles. The molecule has 0 N–H and O–H groups in total. The highest BCUT2D eigenvalue weighted by Crippen LogP contribution is 2.44. The maximum atomic E-state index is 13.6. The third-order valence-corrected chi connectivity index (χ3v) is 5.78. The molecule has 0 aromatic heterocycles. The van der Waals surface area contributed by atoms with Crippen molar-refractivity contribution in [3.63, 3.8) is 0 Å². The standard InChI is InChI=1S/C25H15BrF2O/c26-19-6-11-22-16(15-19)1-12-24-23(22)13-14-25(29-24,17-2-7-20(27)8-3-17)18-4-9-21(28)10-5-18/h1-15H. The van der Waals surface area contributed by atoms with E-state index in [1.54, 1.807) is 24.3 Å². The Bertz CT molecular complexity index is 1200. The molecular formula is C25H15BrF2O. The number of halogens is 3. The molecular weight excluding hydrogens is 434 g/mol. The Morgan fingerprint density at radius 3 is 1.97 bits per heavy atom. The van der Waals surface area contributed by atoms with Crippen LogP contribution in [0.25, 0.3) is 16.8 Å². The Labute approximate surface area is 175 Å². The molecule has 4 aromatic rings. The van der Waals surface area contributed by atoms with Crippen molar-refractivity contribution in [2.75, 3.05) is 0 Å². The van der Waals surface area contributed by atoms with Crippen molar-refractivity contribution in [2.24, 2.45) is 0 Å². The Hall–Kier alpha value is -2.98. The molecule has 4 aromatic carbocycles. The summed E-state index contributed by atoms with van der Waals surface area (Å²) >= 11 is 3.51. The van der Waals surface area contributed by atoms with Crippen LogP contribution in [0.5, 0.6) is 5.75 Å². The smallest absolute Gasteiger partial charge is 0.178 e. The summed E-state index contributed by atoms with van der Waals surface area (Å²) in [5.41, 5.74) is 1.54. The van der Waals surface area contributed by atoms with E-state index in [1.165, 1.54) is 24.3 Å². The lowest BCUT2D eigenvalue weighted by Gasteiger charge is -2.36. The summed E-state index contributed by atoms with van der Waals surface area (Å²) in [7, 11) is 0. The van der Waals surface area contributed by atoms with E-state index in [4.69, 9.17) is 4.74 Å². The van der Waals surface area contributed by atoms with E-state index in [-0.39, 0.29) is 11.6 Å². The zero-order valence-corrected chi connectivity index (χ0v) is 16.8. The van der Waals surface area contributed by atoms with Gasteiger partial charge in [-0.2, -0.15) is 0 Å². The van der Waals surface area contributed by atoms with Crippen LogP contribution in [0.1, 0.15) is 16.7 Å². The summed E-state index contributed by atoms with van der Waals surface area (Å²) in [6.07, 6.45) is 3.99. The average molecular weight is 449 g/mol. The highest BCUT2D eigenvalue weighted by Gasteiger charge is 2.37. The summed E-state index contributed by atoms with van der Waals surface area (Å²) in [6, 6.07) is 22.5. The maximum absolute atomic E-state index is 13.6. The highest BCUT2D eigenvalue weighted by molar-refractivity contribution is 9.10. The van der Waals surface area contributed by atoms with Gasteiger partial charge in [0.1, 0.15) is 17.4 Å². The lowest BCUT2D eigenvalue weighted by Crippen LogP contribution is -2.34. The molecule has 1 aliphatic heterocycles. The molecule has 29 heavy (non-hydrogen) atoms. The van der Waals surface area contributed by atoms with Gasteiger partial charge in [-0.15, -0.1) is 0 Å². The Morgan fingerprint density at radius 1 is 0.724 bits per heavy atom. The van der Waals surface area contributed by atoms with Crippen LogP contribution in [0.15, 0.2) is 89.4 Å². The molecule has 1 nitrogen and oxygen atoms in total. The molecule has 0 fully saturated rings. The second-order valence-electron chi connectivity index (χ2n) is 7.03. The Morgan fingerprint density at radius 2 is 1.34 bits per heavy atom. The number of rotatable bonds is 2. The average Bonchev–Trinajstić information content (AvgIpc) is 2.74. The van der Waals surface area contributed by atoms with Gasteiger partial charge >= 0.3 is 0 Å². The van der Waals surface area contributed by atoms with E-state index in [0.29, 0.717) is 0 Å². The van der Waals surface area contributed by atoms with Gasteiger partial charge in [-0.25, -0.2) is 8.78 Å². The molecule has 0 unspecified atom stereocenters. The largest absolute Gasteiger partial charge is 0.473 e. The van der Waals surface area contributed by atoms with E-state index < -0.39 is 5.60 Å². The van der Waals surface area contributed by atoms with E-state index in [2.05, 4.69) is 28.1 Å². The van der Waals surface area contributed by atoms with Gasteiger partial charge in [0.15, 0.2) is 5.60 Å². The first kappa shape index (κ1) is 18.1. The first-order chi connectivity index (χ1) is 14.0. The van der Waals surface area contributed by atoms with Gasteiger partial charge in [0.2, 0.25) is 0 Å². The molecule has 0 atom stereocenters. The van der Waals surface area contributed by atoms with Gasteiger partial charge in [-0.1, -0.05) is 52.3 Å². The predicted molar refractivity (Wildman–Crippen MR) is 115 cm³/mol. The molecule has 0 radical (unpaired) electrons. The summed E-state index contributed by atoms with van der Waals surface area (Å²) in [4.78, 5) is 0. The van der Waals surface area contributed by atoms with Gasteiger partial charge in [-0.3, -0.25) is 0 Å². The molecule has 0 bridgehead atoms. The summed E-state index contributed by atoms with van der Waals surface area (Å²) in [6.45, 7) is 0. The summed E-state index contributed by atoms with van der Waals surface area (Å²) in [5.74, 6) is 0.0792. The lowest BCUT2D eigenvalue weighted by atomic mass is 9.83. The van der Waals surface area contributed by atoms with Crippen LogP contribution in [0.2, 0.25) is 0 Å². The number of hydrogen-bond acceptors (Lipinski definition) is 1. The molecule has 4 heteroatoms. The third kappa shape index (κ3) is 3.04. The normalized spacial score (nSPS) is 14.4. The van der Waals surface area contributed by atoms with E-state index in [1.807, 2.05) is 30.4 Å². The second-order valence-corrected chi connectivity index (χ2v) is 7.94. The fourth-order valence-electron chi connectivity index (χ4n) is 3.85. The maximum Gasteiger partial charge on any atom is 0.178 e. The molecule has 1 aliphatic rings. The van der Waals surface area contributed by atoms with Crippen molar-refractivity contribution >= 4 is 32.8 Å². The SMILES string of the molecule is Fc1ccc(C2(c3ccc(F)cc3)C=Cc3c(ccc4cc(Br)ccc34)O2)cc1.